The molecule has 1 aliphatic heterocycles. The molecule has 0 amide bonds. The van der Waals surface area contributed by atoms with Crippen molar-refractivity contribution < 1.29 is 9.15 Å². The first kappa shape index (κ1) is 46.0. The van der Waals surface area contributed by atoms with Gasteiger partial charge in [-0.3, -0.25) is 0 Å². The first-order chi connectivity index (χ1) is 35.6. The molecule has 1 aliphatic carbocycles. The van der Waals surface area contributed by atoms with Gasteiger partial charge in [-0.2, -0.15) is 0 Å². The third kappa shape index (κ3) is 7.99. The Hall–Kier alpha value is -8.14. The zero-order chi connectivity index (χ0) is 50.0. The van der Waals surface area contributed by atoms with E-state index in [0.717, 1.165) is 61.3 Å². The van der Waals surface area contributed by atoms with Gasteiger partial charge in [0, 0.05) is 51.8 Å². The Bertz CT molecular complexity index is 3830. The molecule has 2 heterocycles. The van der Waals surface area contributed by atoms with E-state index in [1.165, 1.54) is 66.1 Å². The monoisotopic (exact) mass is 947 g/mol. The SMILES string of the molecule is C/C=C\C(=C/Cc1cc(-c2cccc3c2oc2c(C(C)C)cccc23)ccc1N(C)c1ccc(-c2c3ccccc3c(-c3ccccc3)c3ccccc23)cc1)c1cccc2c1OC1C(C(C)(C)C)=CC=CC21. The lowest BCUT2D eigenvalue weighted by molar-refractivity contribution is 0.223. The maximum atomic E-state index is 7.05. The summed E-state index contributed by atoms with van der Waals surface area (Å²) < 4.78 is 13.9. The van der Waals surface area contributed by atoms with Crippen molar-refractivity contribution in [2.75, 3.05) is 11.9 Å². The van der Waals surface area contributed by atoms with E-state index in [1.807, 2.05) is 0 Å². The molecule has 73 heavy (non-hydrogen) atoms. The molecule has 0 N–H and O–H groups in total. The van der Waals surface area contributed by atoms with Gasteiger partial charge in [0.05, 0.1) is 0 Å². The summed E-state index contributed by atoms with van der Waals surface area (Å²) in [4.78, 5) is 2.35. The van der Waals surface area contributed by atoms with Crippen molar-refractivity contribution in [1.82, 2.24) is 0 Å². The highest BCUT2D eigenvalue weighted by molar-refractivity contribution is 6.21. The van der Waals surface area contributed by atoms with Crippen molar-refractivity contribution in [3.8, 4) is 39.1 Å². The van der Waals surface area contributed by atoms with Crippen LogP contribution in [-0.4, -0.2) is 13.2 Å². The Morgan fingerprint density at radius 2 is 1.23 bits per heavy atom. The minimum Gasteiger partial charge on any atom is -0.484 e. The molecule has 0 fully saturated rings. The number of rotatable bonds is 10. The predicted molar refractivity (Wildman–Crippen MR) is 310 cm³/mol. The summed E-state index contributed by atoms with van der Waals surface area (Å²) in [5.41, 5.74) is 18.6. The molecule has 1 aromatic heterocycles. The Morgan fingerprint density at radius 3 is 1.89 bits per heavy atom. The predicted octanol–water partition coefficient (Wildman–Crippen LogP) is 19.4. The fourth-order valence-electron chi connectivity index (χ4n) is 11.8. The molecule has 0 saturated carbocycles. The minimum atomic E-state index is -0.0139. The maximum Gasteiger partial charge on any atom is 0.143 e. The van der Waals surface area contributed by atoms with Crippen LogP contribution in [0.5, 0.6) is 5.75 Å². The van der Waals surface area contributed by atoms with Crippen molar-refractivity contribution in [2.24, 2.45) is 5.41 Å². The lowest BCUT2D eigenvalue weighted by atomic mass is 9.75. The van der Waals surface area contributed by atoms with Gasteiger partial charge < -0.3 is 14.1 Å². The number of benzene rings is 9. The minimum absolute atomic E-state index is 0.00798. The quantitative estimate of drug-likeness (QED) is 0.101. The topological polar surface area (TPSA) is 25.6 Å². The molecule has 9 aromatic carbocycles. The van der Waals surface area contributed by atoms with Crippen molar-refractivity contribution >= 4 is 60.4 Å². The summed E-state index contributed by atoms with van der Waals surface area (Å²) in [5.74, 6) is 1.52. The van der Waals surface area contributed by atoms with Gasteiger partial charge in [-0.25, -0.2) is 0 Å². The van der Waals surface area contributed by atoms with Crippen molar-refractivity contribution in [1.29, 1.82) is 0 Å². The van der Waals surface area contributed by atoms with E-state index in [9.17, 15) is 0 Å². The number of hydrogen-bond acceptors (Lipinski definition) is 3. The fraction of sp³-hybridized carbons (Fsp3) is 0.171. The molecular formula is C70H61NO2. The number of anilines is 2. The molecule has 2 atom stereocenters. The number of allylic oxidation sites excluding steroid dienone is 6. The van der Waals surface area contributed by atoms with Crippen LogP contribution >= 0.6 is 0 Å². The number of para-hydroxylation sites is 3. The number of hydrogen-bond donors (Lipinski definition) is 0. The Labute approximate surface area is 430 Å². The van der Waals surface area contributed by atoms with E-state index in [4.69, 9.17) is 9.15 Å². The van der Waals surface area contributed by atoms with E-state index in [2.05, 4.69) is 266 Å². The van der Waals surface area contributed by atoms with Gasteiger partial charge in [-0.15, -0.1) is 0 Å². The van der Waals surface area contributed by atoms with E-state index in [-0.39, 0.29) is 17.4 Å². The average molecular weight is 948 g/mol. The van der Waals surface area contributed by atoms with Gasteiger partial charge in [-0.05, 0) is 121 Å². The first-order valence-electron chi connectivity index (χ1n) is 26.0. The average Bonchev–Trinajstić information content (AvgIpc) is 4.00. The van der Waals surface area contributed by atoms with E-state index in [0.29, 0.717) is 12.3 Å². The third-order valence-corrected chi connectivity index (χ3v) is 15.4. The van der Waals surface area contributed by atoms with Crippen molar-refractivity contribution in [3.05, 3.63) is 240 Å². The van der Waals surface area contributed by atoms with Crippen LogP contribution in [0.1, 0.15) is 75.6 Å². The molecule has 10 aromatic rings. The van der Waals surface area contributed by atoms with Crippen LogP contribution in [-0.2, 0) is 6.42 Å². The maximum absolute atomic E-state index is 7.05. The summed E-state index contributed by atoms with van der Waals surface area (Å²) in [7, 11) is 2.20. The highest BCUT2D eigenvalue weighted by Gasteiger charge is 2.41. The zero-order valence-corrected chi connectivity index (χ0v) is 42.9. The van der Waals surface area contributed by atoms with Gasteiger partial charge >= 0.3 is 0 Å². The van der Waals surface area contributed by atoms with Crippen molar-refractivity contribution in [3.63, 3.8) is 0 Å². The zero-order valence-electron chi connectivity index (χ0n) is 42.9. The lowest BCUT2D eigenvalue weighted by Crippen LogP contribution is -2.29. The summed E-state index contributed by atoms with van der Waals surface area (Å²) >= 11 is 0. The summed E-state index contributed by atoms with van der Waals surface area (Å²) in [5, 5.41) is 7.31. The summed E-state index contributed by atoms with van der Waals surface area (Å²) in [6, 6.07) is 64.5. The van der Waals surface area contributed by atoms with E-state index >= 15 is 0 Å². The lowest BCUT2D eigenvalue weighted by Gasteiger charge is -2.32. The molecule has 0 spiro atoms. The molecule has 2 unspecified atom stereocenters. The molecule has 0 saturated heterocycles. The van der Waals surface area contributed by atoms with E-state index in [1.54, 1.807) is 0 Å². The smallest absolute Gasteiger partial charge is 0.143 e. The molecule has 3 nitrogen and oxygen atoms in total. The van der Waals surface area contributed by atoms with Crippen LogP contribution in [0.25, 0.3) is 82.4 Å². The van der Waals surface area contributed by atoms with Gasteiger partial charge in [-0.1, -0.05) is 223 Å². The molecule has 0 radical (unpaired) electrons. The van der Waals surface area contributed by atoms with Gasteiger partial charge in [0.25, 0.3) is 0 Å². The highest BCUT2D eigenvalue weighted by Crippen LogP contribution is 2.51. The van der Waals surface area contributed by atoms with Gasteiger partial charge in [0.2, 0.25) is 0 Å². The molecule has 358 valence electrons. The molecule has 2 aliphatic rings. The third-order valence-electron chi connectivity index (χ3n) is 15.4. The second-order valence-electron chi connectivity index (χ2n) is 21.2. The highest BCUT2D eigenvalue weighted by atomic mass is 16.5. The van der Waals surface area contributed by atoms with Crippen LogP contribution in [0.3, 0.4) is 0 Å². The summed E-state index contributed by atoms with van der Waals surface area (Å²) in [6.45, 7) is 13.4. The largest absolute Gasteiger partial charge is 0.484 e. The fourth-order valence-corrected chi connectivity index (χ4v) is 11.8. The Morgan fingerprint density at radius 1 is 0.630 bits per heavy atom. The van der Waals surface area contributed by atoms with Crippen LogP contribution in [0.2, 0.25) is 0 Å². The van der Waals surface area contributed by atoms with Gasteiger partial charge in [0.1, 0.15) is 23.0 Å². The Balaban J connectivity index is 0.967. The van der Waals surface area contributed by atoms with Crippen LogP contribution < -0.4 is 9.64 Å². The van der Waals surface area contributed by atoms with Crippen LogP contribution in [0.4, 0.5) is 11.4 Å². The molecular weight excluding hydrogens is 887 g/mol. The number of furan rings is 1. The summed E-state index contributed by atoms with van der Waals surface area (Å²) in [6.07, 6.45) is 14.2. The van der Waals surface area contributed by atoms with Gasteiger partial charge in [0.15, 0.2) is 0 Å². The second-order valence-corrected chi connectivity index (χ2v) is 21.2. The number of nitrogens with zero attached hydrogens (tertiary/aromatic N) is 1. The Kier molecular flexibility index (Phi) is 11.6. The van der Waals surface area contributed by atoms with Crippen molar-refractivity contribution in [2.45, 2.75) is 65.9 Å². The van der Waals surface area contributed by atoms with E-state index < -0.39 is 0 Å². The second kappa shape index (κ2) is 18.5. The normalized spacial score (nSPS) is 15.7. The van der Waals surface area contributed by atoms with Crippen LogP contribution in [0.15, 0.2) is 222 Å². The molecule has 12 rings (SSSR count). The molecule has 0 bridgehead atoms. The first-order valence-corrected chi connectivity index (χ1v) is 26.0. The van der Waals surface area contributed by atoms with Crippen LogP contribution in [0, 0.1) is 5.41 Å². The number of fused-ring (bicyclic) bond motifs is 8. The molecule has 3 heteroatoms. The standard InChI is InChI=1S/C70H61NO2/c1-8-20-45(52-28-17-32-60-61-33-19-34-62(70(4,5)6)69(61)73-67(52)60)35-36-49-43-48(53-29-18-31-59-58-30-16-27-51(44(2)3)66(58)72-68(53)59)39-42-63(49)71(7)50-40-37-47(38-41-50)65-56-25-14-12-23-54(56)64(46-21-10-9-11-22-46)55-24-13-15-26-57(55)65/h8-35,37-44,61,69H,36H2,1-7H3/b20-8-,45-35+. The number of ether oxygens (including phenoxy) is 1.